The molecule has 146 valence electrons. The van der Waals surface area contributed by atoms with Crippen LogP contribution in [0.15, 0.2) is 90.0 Å². The van der Waals surface area contributed by atoms with Gasteiger partial charge in [-0.05, 0) is 37.1 Å². The molecule has 2 N–H and O–H groups in total. The molecule has 0 atom stereocenters. The second-order valence-electron chi connectivity index (χ2n) is 6.81. The van der Waals surface area contributed by atoms with Crippen LogP contribution in [0.5, 0.6) is 0 Å². The van der Waals surface area contributed by atoms with E-state index in [4.69, 9.17) is 0 Å². The van der Waals surface area contributed by atoms with Crippen molar-refractivity contribution in [3.8, 4) is 0 Å². The van der Waals surface area contributed by atoms with Gasteiger partial charge in [-0.1, -0.05) is 84.4 Å². The number of benzene rings is 3. The number of allylic oxidation sites excluding steroid dienone is 1. The summed E-state index contributed by atoms with van der Waals surface area (Å²) >= 11 is 0. The number of nitrogens with zero attached hydrogens (tertiary/aromatic N) is 1. The molecule has 0 aliphatic heterocycles. The molecule has 0 spiro atoms. The number of rotatable bonds is 7. The Hall–Kier alpha value is -3.66. The van der Waals surface area contributed by atoms with E-state index in [0.29, 0.717) is 5.71 Å². The monoisotopic (exact) mass is 383 g/mol. The van der Waals surface area contributed by atoms with Gasteiger partial charge in [0.15, 0.2) is 0 Å². The first-order chi connectivity index (χ1) is 14.1. The van der Waals surface area contributed by atoms with Crippen LogP contribution >= 0.6 is 0 Å². The molecule has 0 aromatic heterocycles. The van der Waals surface area contributed by atoms with Crippen LogP contribution in [-0.2, 0) is 4.79 Å². The first-order valence-electron chi connectivity index (χ1n) is 9.58. The van der Waals surface area contributed by atoms with Crippen LogP contribution < -0.4 is 10.7 Å². The van der Waals surface area contributed by atoms with E-state index < -0.39 is 0 Å². The van der Waals surface area contributed by atoms with Crippen LogP contribution in [0.4, 0.5) is 5.69 Å². The molecule has 0 heterocycles. The Labute approximate surface area is 172 Å². The average Bonchev–Trinajstić information content (AvgIpc) is 2.74. The van der Waals surface area contributed by atoms with E-state index in [2.05, 4.69) is 21.9 Å². The highest BCUT2D eigenvalue weighted by Gasteiger charge is 2.04. The lowest BCUT2D eigenvalue weighted by Gasteiger charge is -2.09. The highest BCUT2D eigenvalue weighted by atomic mass is 16.2. The predicted octanol–water partition coefficient (Wildman–Crippen LogP) is 4.95. The van der Waals surface area contributed by atoms with Crippen LogP contribution in [0.3, 0.4) is 0 Å². The van der Waals surface area contributed by atoms with Crippen LogP contribution in [0.1, 0.15) is 22.3 Å². The first-order valence-corrected chi connectivity index (χ1v) is 9.58. The topological polar surface area (TPSA) is 53.5 Å². The van der Waals surface area contributed by atoms with Crippen LogP contribution in [-0.4, -0.2) is 18.2 Å². The fourth-order valence-electron chi connectivity index (χ4n) is 2.90. The molecule has 4 heteroatoms. The quantitative estimate of drug-likeness (QED) is 0.448. The molecule has 29 heavy (non-hydrogen) atoms. The van der Waals surface area contributed by atoms with Crippen LogP contribution in [0.2, 0.25) is 0 Å². The molecular formula is C25H25N3O. The van der Waals surface area contributed by atoms with E-state index >= 15 is 0 Å². The lowest BCUT2D eigenvalue weighted by atomic mass is 10.1. The second-order valence-corrected chi connectivity index (χ2v) is 6.81. The molecule has 0 aliphatic rings. The van der Waals surface area contributed by atoms with Crippen molar-refractivity contribution >= 4 is 23.4 Å². The third kappa shape index (κ3) is 6.18. The van der Waals surface area contributed by atoms with Crippen molar-refractivity contribution in [3.05, 3.63) is 107 Å². The van der Waals surface area contributed by atoms with Gasteiger partial charge < -0.3 is 5.32 Å². The number of hydrogen-bond donors (Lipinski definition) is 2. The normalized spacial score (nSPS) is 11.4. The summed E-state index contributed by atoms with van der Waals surface area (Å²) < 4.78 is 0. The summed E-state index contributed by atoms with van der Waals surface area (Å²) in [6.07, 6.45) is 3.88. The Bertz CT molecular complexity index is 1010. The molecule has 0 saturated heterocycles. The molecule has 0 radical (unpaired) electrons. The van der Waals surface area contributed by atoms with Gasteiger partial charge in [-0.2, -0.15) is 5.10 Å². The lowest BCUT2D eigenvalue weighted by Crippen LogP contribution is -2.27. The smallest absolute Gasteiger partial charge is 0.259 e. The highest BCUT2D eigenvalue weighted by Crippen LogP contribution is 2.15. The number of hydrogen-bond acceptors (Lipinski definition) is 3. The SMILES string of the molecule is Cc1ccc(NCC(=O)N/N=C(\C=C/c2ccccc2)c2ccccc2)c(C)c1. The van der Waals surface area contributed by atoms with Crippen molar-refractivity contribution in [2.45, 2.75) is 13.8 Å². The van der Waals surface area contributed by atoms with E-state index in [1.165, 1.54) is 5.56 Å². The fraction of sp³-hybridized carbons (Fsp3) is 0.120. The number of aryl methyl sites for hydroxylation is 2. The third-order valence-electron chi connectivity index (χ3n) is 4.43. The first kappa shape index (κ1) is 20.1. The van der Waals surface area contributed by atoms with Gasteiger partial charge in [-0.25, -0.2) is 5.43 Å². The van der Waals surface area contributed by atoms with Crippen LogP contribution in [0.25, 0.3) is 6.08 Å². The van der Waals surface area contributed by atoms with E-state index in [0.717, 1.165) is 22.4 Å². The Morgan fingerprint density at radius 2 is 1.62 bits per heavy atom. The number of anilines is 1. The van der Waals surface area contributed by atoms with Gasteiger partial charge in [0.25, 0.3) is 5.91 Å². The van der Waals surface area contributed by atoms with Gasteiger partial charge >= 0.3 is 0 Å². The lowest BCUT2D eigenvalue weighted by molar-refractivity contribution is -0.119. The molecule has 0 unspecified atom stereocenters. The minimum absolute atomic E-state index is 0.151. The minimum Gasteiger partial charge on any atom is -0.376 e. The number of carbonyl (C=O) groups excluding carboxylic acids is 1. The van der Waals surface area contributed by atoms with Crippen molar-refractivity contribution < 1.29 is 4.79 Å². The third-order valence-corrected chi connectivity index (χ3v) is 4.43. The van der Waals surface area contributed by atoms with Gasteiger partial charge in [-0.3, -0.25) is 4.79 Å². The molecule has 0 saturated carbocycles. The zero-order valence-electron chi connectivity index (χ0n) is 16.7. The molecular weight excluding hydrogens is 358 g/mol. The van der Waals surface area contributed by atoms with Gasteiger partial charge in [0, 0.05) is 11.3 Å². The molecule has 3 aromatic carbocycles. The summed E-state index contributed by atoms with van der Waals surface area (Å²) in [6.45, 7) is 4.22. The molecule has 0 fully saturated rings. The zero-order valence-corrected chi connectivity index (χ0v) is 16.7. The maximum absolute atomic E-state index is 12.3. The summed E-state index contributed by atoms with van der Waals surface area (Å²) in [4.78, 5) is 12.3. The van der Waals surface area contributed by atoms with E-state index in [1.807, 2.05) is 98.8 Å². The van der Waals surface area contributed by atoms with Crippen LogP contribution in [0, 0.1) is 13.8 Å². The Morgan fingerprint density at radius 3 is 2.31 bits per heavy atom. The molecule has 4 nitrogen and oxygen atoms in total. The van der Waals surface area contributed by atoms with Crippen molar-refractivity contribution in [3.63, 3.8) is 0 Å². The molecule has 0 bridgehead atoms. The van der Waals surface area contributed by atoms with Gasteiger partial charge in [0.05, 0.1) is 12.3 Å². The maximum Gasteiger partial charge on any atom is 0.259 e. The van der Waals surface area contributed by atoms with E-state index in [1.54, 1.807) is 0 Å². The van der Waals surface area contributed by atoms with Crippen molar-refractivity contribution in [1.29, 1.82) is 0 Å². The summed E-state index contributed by atoms with van der Waals surface area (Å²) in [7, 11) is 0. The van der Waals surface area contributed by atoms with Gasteiger partial charge in [0.2, 0.25) is 0 Å². The van der Waals surface area contributed by atoms with Gasteiger partial charge in [-0.15, -0.1) is 0 Å². The van der Waals surface area contributed by atoms with E-state index in [-0.39, 0.29) is 12.5 Å². The molecule has 0 aliphatic carbocycles. The molecule has 3 aromatic rings. The average molecular weight is 383 g/mol. The summed E-state index contributed by atoms with van der Waals surface area (Å²) in [5.74, 6) is -0.202. The Kier molecular flexibility index (Phi) is 6.95. The largest absolute Gasteiger partial charge is 0.376 e. The zero-order chi connectivity index (χ0) is 20.5. The number of amides is 1. The Morgan fingerprint density at radius 1 is 0.931 bits per heavy atom. The van der Waals surface area contributed by atoms with Gasteiger partial charge in [0.1, 0.15) is 0 Å². The molecule has 1 amide bonds. The van der Waals surface area contributed by atoms with Crippen molar-refractivity contribution in [2.24, 2.45) is 5.10 Å². The summed E-state index contributed by atoms with van der Waals surface area (Å²) in [5.41, 5.74) is 8.59. The van der Waals surface area contributed by atoms with E-state index in [9.17, 15) is 4.79 Å². The highest BCUT2D eigenvalue weighted by molar-refractivity contribution is 6.11. The maximum atomic E-state index is 12.3. The Balaban J connectivity index is 1.68. The van der Waals surface area contributed by atoms with Crippen molar-refractivity contribution in [2.75, 3.05) is 11.9 Å². The summed E-state index contributed by atoms with van der Waals surface area (Å²) in [5, 5.41) is 7.51. The number of nitrogens with one attached hydrogen (secondary N) is 2. The fourth-order valence-corrected chi connectivity index (χ4v) is 2.90. The number of hydrazone groups is 1. The van der Waals surface area contributed by atoms with Crippen molar-refractivity contribution in [1.82, 2.24) is 5.43 Å². The molecule has 3 rings (SSSR count). The standard InChI is InChI=1S/C25H25N3O/c1-19-13-15-23(20(2)17-19)26-18-25(29)28-27-24(22-11-7-4-8-12-22)16-14-21-9-5-3-6-10-21/h3-17,26H,18H2,1-2H3,(H,28,29)/b16-14-,27-24+. The minimum atomic E-state index is -0.202. The second kappa shape index (κ2) is 10.0. The summed E-state index contributed by atoms with van der Waals surface area (Å²) in [6, 6.07) is 25.9. The predicted molar refractivity (Wildman–Crippen MR) is 121 cm³/mol. The number of carbonyl (C=O) groups is 1.